The number of hydrogen-bond donors (Lipinski definition) is 0. The SMILES string of the molecule is CC(C(=O)N1CCC(Oc2cccnc2)CC1)n1cnc2ccccc21. The number of fused-ring (bicyclic) bond motifs is 1. The Morgan fingerprint density at radius 2 is 2.00 bits per heavy atom. The number of benzene rings is 1. The van der Waals surface area contributed by atoms with Crippen LogP contribution in [0, 0.1) is 0 Å². The third-order valence-corrected chi connectivity index (χ3v) is 4.95. The maximum atomic E-state index is 12.9. The Balaban J connectivity index is 1.39. The number of imidazole rings is 1. The molecule has 2 aromatic heterocycles. The number of rotatable bonds is 4. The molecule has 1 unspecified atom stereocenters. The van der Waals surface area contributed by atoms with Crippen LogP contribution in [-0.4, -0.2) is 44.5 Å². The van der Waals surface area contributed by atoms with Gasteiger partial charge in [0.25, 0.3) is 0 Å². The van der Waals surface area contributed by atoms with Crippen molar-refractivity contribution in [2.75, 3.05) is 13.1 Å². The predicted octanol–water partition coefficient (Wildman–Crippen LogP) is 3.06. The molecule has 1 aliphatic heterocycles. The highest BCUT2D eigenvalue weighted by atomic mass is 16.5. The van der Waals surface area contributed by atoms with E-state index in [1.165, 1.54) is 0 Å². The number of nitrogens with zero attached hydrogens (tertiary/aromatic N) is 4. The number of ether oxygens (including phenoxy) is 1. The minimum Gasteiger partial charge on any atom is -0.489 e. The summed E-state index contributed by atoms with van der Waals surface area (Å²) in [6.45, 7) is 3.36. The molecule has 0 saturated carbocycles. The minimum absolute atomic E-state index is 0.132. The van der Waals surface area contributed by atoms with Gasteiger partial charge in [-0.3, -0.25) is 9.78 Å². The van der Waals surface area contributed by atoms with Crippen molar-refractivity contribution in [2.45, 2.75) is 31.9 Å². The fraction of sp³-hybridized carbons (Fsp3) is 0.350. The molecule has 1 atom stereocenters. The molecular weight excluding hydrogens is 328 g/mol. The number of pyridine rings is 1. The van der Waals surface area contributed by atoms with Crippen molar-refractivity contribution < 1.29 is 9.53 Å². The van der Waals surface area contributed by atoms with Crippen molar-refractivity contribution in [1.82, 2.24) is 19.4 Å². The Kier molecular flexibility index (Phi) is 4.56. The van der Waals surface area contributed by atoms with E-state index in [0.717, 1.165) is 29.6 Å². The molecule has 6 nitrogen and oxygen atoms in total. The van der Waals surface area contributed by atoms with E-state index in [2.05, 4.69) is 9.97 Å². The molecule has 0 aliphatic carbocycles. The third-order valence-electron chi connectivity index (χ3n) is 4.95. The number of aromatic nitrogens is 3. The van der Waals surface area contributed by atoms with Crippen LogP contribution in [-0.2, 0) is 4.79 Å². The quantitative estimate of drug-likeness (QED) is 0.726. The highest BCUT2D eigenvalue weighted by Gasteiger charge is 2.28. The van der Waals surface area contributed by atoms with Crippen LogP contribution < -0.4 is 4.74 Å². The molecule has 1 amide bonds. The van der Waals surface area contributed by atoms with E-state index in [0.29, 0.717) is 13.1 Å². The zero-order chi connectivity index (χ0) is 17.9. The number of piperidine rings is 1. The first-order chi connectivity index (χ1) is 12.7. The highest BCUT2D eigenvalue weighted by Crippen LogP contribution is 2.22. The second kappa shape index (κ2) is 7.15. The van der Waals surface area contributed by atoms with Crippen molar-refractivity contribution in [3.05, 3.63) is 55.1 Å². The van der Waals surface area contributed by atoms with Crippen LogP contribution in [0.25, 0.3) is 11.0 Å². The van der Waals surface area contributed by atoms with Gasteiger partial charge in [0, 0.05) is 32.1 Å². The lowest BCUT2D eigenvalue weighted by Gasteiger charge is -2.34. The fourth-order valence-corrected chi connectivity index (χ4v) is 3.47. The Hall–Kier alpha value is -2.89. The van der Waals surface area contributed by atoms with E-state index < -0.39 is 0 Å². The molecule has 0 bridgehead atoms. The van der Waals surface area contributed by atoms with E-state index in [-0.39, 0.29) is 18.1 Å². The summed E-state index contributed by atoms with van der Waals surface area (Å²) in [4.78, 5) is 23.3. The summed E-state index contributed by atoms with van der Waals surface area (Å²) in [5, 5.41) is 0. The van der Waals surface area contributed by atoms with Crippen LogP contribution in [0.2, 0.25) is 0 Å². The highest BCUT2D eigenvalue weighted by molar-refractivity contribution is 5.83. The summed E-state index contributed by atoms with van der Waals surface area (Å²) in [6.07, 6.45) is 7.01. The standard InChI is InChI=1S/C20H22N4O2/c1-15(24-14-22-18-6-2-3-7-19(18)24)20(25)23-11-8-16(9-12-23)26-17-5-4-10-21-13-17/h2-7,10,13-16H,8-9,11-12H2,1H3. The lowest BCUT2D eigenvalue weighted by atomic mass is 10.1. The van der Waals surface area contributed by atoms with Crippen LogP contribution in [0.15, 0.2) is 55.1 Å². The molecule has 26 heavy (non-hydrogen) atoms. The number of carbonyl (C=O) groups is 1. The van der Waals surface area contributed by atoms with Crippen LogP contribution in [0.4, 0.5) is 0 Å². The second-order valence-electron chi connectivity index (χ2n) is 6.65. The van der Waals surface area contributed by atoms with Crippen LogP contribution in [0.3, 0.4) is 0 Å². The van der Waals surface area contributed by atoms with Gasteiger partial charge in [0.2, 0.25) is 5.91 Å². The number of carbonyl (C=O) groups excluding carboxylic acids is 1. The molecule has 0 spiro atoms. The molecule has 1 aromatic carbocycles. The molecular formula is C20H22N4O2. The number of likely N-dealkylation sites (tertiary alicyclic amines) is 1. The topological polar surface area (TPSA) is 60.3 Å². The summed E-state index contributed by atoms with van der Waals surface area (Å²) in [7, 11) is 0. The largest absolute Gasteiger partial charge is 0.489 e. The summed E-state index contributed by atoms with van der Waals surface area (Å²) < 4.78 is 7.91. The monoisotopic (exact) mass is 350 g/mol. The van der Waals surface area contributed by atoms with Crippen LogP contribution in [0.1, 0.15) is 25.8 Å². The average molecular weight is 350 g/mol. The molecule has 1 aliphatic rings. The normalized spacial score (nSPS) is 16.6. The summed E-state index contributed by atoms with van der Waals surface area (Å²) in [5.74, 6) is 0.920. The number of amides is 1. The van der Waals surface area contributed by atoms with Crippen LogP contribution in [0.5, 0.6) is 5.75 Å². The Bertz CT molecular complexity index is 885. The van der Waals surface area contributed by atoms with Gasteiger partial charge in [0.15, 0.2) is 0 Å². The second-order valence-corrected chi connectivity index (χ2v) is 6.65. The smallest absolute Gasteiger partial charge is 0.245 e. The van der Waals surface area contributed by atoms with Crippen molar-refractivity contribution >= 4 is 16.9 Å². The van der Waals surface area contributed by atoms with Gasteiger partial charge in [-0.15, -0.1) is 0 Å². The number of hydrogen-bond acceptors (Lipinski definition) is 4. The molecule has 1 saturated heterocycles. The molecule has 0 N–H and O–H groups in total. The Morgan fingerprint density at radius 1 is 1.19 bits per heavy atom. The van der Waals surface area contributed by atoms with E-state index >= 15 is 0 Å². The van der Waals surface area contributed by atoms with Gasteiger partial charge in [-0.1, -0.05) is 12.1 Å². The van der Waals surface area contributed by atoms with Crippen molar-refractivity contribution in [2.24, 2.45) is 0 Å². The molecule has 3 heterocycles. The Morgan fingerprint density at radius 3 is 2.77 bits per heavy atom. The van der Waals surface area contributed by atoms with Crippen molar-refractivity contribution in [1.29, 1.82) is 0 Å². The fourth-order valence-electron chi connectivity index (χ4n) is 3.47. The zero-order valence-electron chi connectivity index (χ0n) is 14.8. The van der Waals surface area contributed by atoms with Gasteiger partial charge >= 0.3 is 0 Å². The van der Waals surface area contributed by atoms with Gasteiger partial charge in [-0.25, -0.2) is 4.98 Å². The lowest BCUT2D eigenvalue weighted by molar-refractivity contribution is -0.136. The molecule has 4 rings (SSSR count). The first-order valence-corrected chi connectivity index (χ1v) is 8.99. The van der Waals surface area contributed by atoms with E-state index in [1.54, 1.807) is 18.7 Å². The van der Waals surface area contributed by atoms with Gasteiger partial charge in [-0.2, -0.15) is 0 Å². The van der Waals surface area contributed by atoms with E-state index in [9.17, 15) is 4.79 Å². The average Bonchev–Trinajstić information content (AvgIpc) is 3.12. The molecule has 134 valence electrons. The van der Waals surface area contributed by atoms with Gasteiger partial charge < -0.3 is 14.2 Å². The molecule has 3 aromatic rings. The molecule has 0 radical (unpaired) electrons. The van der Waals surface area contributed by atoms with Crippen molar-refractivity contribution in [3.63, 3.8) is 0 Å². The van der Waals surface area contributed by atoms with Gasteiger partial charge in [-0.05, 0) is 31.2 Å². The minimum atomic E-state index is -0.266. The molecule has 6 heteroatoms. The lowest BCUT2D eigenvalue weighted by Crippen LogP contribution is -2.44. The maximum Gasteiger partial charge on any atom is 0.245 e. The first-order valence-electron chi connectivity index (χ1n) is 8.99. The van der Waals surface area contributed by atoms with E-state index in [1.807, 2.05) is 52.8 Å². The summed E-state index contributed by atoms with van der Waals surface area (Å²) in [5.41, 5.74) is 1.90. The van der Waals surface area contributed by atoms with Gasteiger partial charge in [0.05, 0.1) is 23.6 Å². The van der Waals surface area contributed by atoms with Crippen molar-refractivity contribution in [3.8, 4) is 5.75 Å². The summed E-state index contributed by atoms with van der Waals surface area (Å²) >= 11 is 0. The van der Waals surface area contributed by atoms with Crippen LogP contribution >= 0.6 is 0 Å². The Labute approximate surface area is 152 Å². The number of para-hydroxylation sites is 2. The predicted molar refractivity (Wildman–Crippen MR) is 98.9 cm³/mol. The zero-order valence-corrected chi connectivity index (χ0v) is 14.8. The molecule has 1 fully saturated rings. The van der Waals surface area contributed by atoms with E-state index in [4.69, 9.17) is 4.74 Å². The van der Waals surface area contributed by atoms with Gasteiger partial charge in [0.1, 0.15) is 17.9 Å². The first kappa shape index (κ1) is 16.6. The summed E-state index contributed by atoms with van der Waals surface area (Å²) in [6, 6.07) is 11.4. The third kappa shape index (κ3) is 3.27. The maximum absolute atomic E-state index is 12.9.